The Labute approximate surface area is 161 Å². The summed E-state index contributed by atoms with van der Waals surface area (Å²) in [4.78, 5) is 19.0. The molecule has 0 fully saturated rings. The van der Waals surface area contributed by atoms with Gasteiger partial charge < -0.3 is 15.5 Å². The molecule has 0 bridgehead atoms. The molecule has 0 saturated carbocycles. The van der Waals surface area contributed by atoms with Gasteiger partial charge in [0.05, 0.1) is 11.9 Å². The number of amides is 1. The van der Waals surface area contributed by atoms with Crippen molar-refractivity contribution < 1.29 is 4.79 Å². The zero-order valence-electron chi connectivity index (χ0n) is 14.4. The first-order chi connectivity index (χ1) is 11.2. The van der Waals surface area contributed by atoms with Gasteiger partial charge >= 0.3 is 0 Å². The molecule has 1 amide bonds. The number of halogens is 2. The number of hydrogen-bond donors (Lipinski definition) is 2. The highest BCUT2D eigenvalue weighted by molar-refractivity contribution is 6.04. The molecule has 2 N–H and O–H groups in total. The molecule has 2 aromatic rings. The van der Waals surface area contributed by atoms with Crippen LogP contribution in [-0.4, -0.2) is 30.5 Å². The number of carbonyl (C=O) groups excluding carboxylic acids is 1. The molecule has 0 unspecified atom stereocenters. The van der Waals surface area contributed by atoms with Gasteiger partial charge in [0.1, 0.15) is 5.82 Å². The van der Waals surface area contributed by atoms with Gasteiger partial charge in [0.2, 0.25) is 0 Å². The van der Waals surface area contributed by atoms with Crippen molar-refractivity contribution in [2.45, 2.75) is 20.3 Å². The Balaban J connectivity index is 0.00000156. The van der Waals surface area contributed by atoms with Gasteiger partial charge in [0, 0.05) is 30.9 Å². The average Bonchev–Trinajstić information content (AvgIpc) is 3.05. The molecule has 25 heavy (non-hydrogen) atoms. The lowest BCUT2D eigenvalue weighted by Gasteiger charge is -2.19. The normalized spacial score (nSPS) is 11.4. The van der Waals surface area contributed by atoms with Gasteiger partial charge in [-0.15, -0.1) is 24.8 Å². The van der Waals surface area contributed by atoms with Crippen LogP contribution in [0.3, 0.4) is 0 Å². The number of aromatic nitrogens is 1. The van der Waals surface area contributed by atoms with E-state index in [0.717, 1.165) is 37.6 Å². The van der Waals surface area contributed by atoms with Gasteiger partial charge in [-0.25, -0.2) is 4.98 Å². The average molecular weight is 383 g/mol. The number of pyridine rings is 1. The lowest BCUT2D eigenvalue weighted by Crippen LogP contribution is -2.22. The first-order valence-corrected chi connectivity index (χ1v) is 8.10. The van der Waals surface area contributed by atoms with Gasteiger partial charge in [-0.05, 0) is 56.2 Å². The fraction of sp³-hybridized carbons (Fsp3) is 0.333. The summed E-state index contributed by atoms with van der Waals surface area (Å²) >= 11 is 0. The quantitative estimate of drug-likeness (QED) is 0.820. The predicted molar refractivity (Wildman–Crippen MR) is 109 cm³/mol. The Morgan fingerprint density at radius 3 is 2.60 bits per heavy atom. The van der Waals surface area contributed by atoms with Crippen molar-refractivity contribution in [1.29, 1.82) is 0 Å². The SMILES string of the molecule is CCN(CC)c1ccc(NC(=O)c2ccc3c(c2)CCN3)cn1.Cl.Cl. The summed E-state index contributed by atoms with van der Waals surface area (Å²) in [6.07, 6.45) is 2.68. The van der Waals surface area contributed by atoms with Gasteiger partial charge in [0.15, 0.2) is 0 Å². The standard InChI is InChI=1S/C18H22N4O.2ClH/c1-3-22(4-2)17-8-6-15(12-20-17)21-18(23)14-5-7-16-13(11-14)9-10-19-16;;/h5-8,11-12,19H,3-4,9-10H2,1-2H3,(H,21,23);2*1H. The molecule has 1 aliphatic heterocycles. The summed E-state index contributed by atoms with van der Waals surface area (Å²) in [7, 11) is 0. The fourth-order valence-corrected chi connectivity index (χ4v) is 2.84. The molecule has 0 atom stereocenters. The number of fused-ring (bicyclic) bond motifs is 1. The van der Waals surface area contributed by atoms with E-state index in [1.807, 2.05) is 30.3 Å². The minimum Gasteiger partial charge on any atom is -0.384 e. The number of benzene rings is 1. The van der Waals surface area contributed by atoms with Crippen LogP contribution in [0.4, 0.5) is 17.2 Å². The van der Waals surface area contributed by atoms with Crippen LogP contribution in [-0.2, 0) is 6.42 Å². The Kier molecular flexibility index (Phi) is 8.00. The summed E-state index contributed by atoms with van der Waals surface area (Å²) in [6, 6.07) is 9.62. The van der Waals surface area contributed by atoms with E-state index in [1.54, 1.807) is 6.20 Å². The number of anilines is 3. The van der Waals surface area contributed by atoms with Crippen LogP contribution in [0.5, 0.6) is 0 Å². The first kappa shape index (κ1) is 21.1. The Morgan fingerprint density at radius 2 is 1.96 bits per heavy atom. The summed E-state index contributed by atoms with van der Waals surface area (Å²) in [5.41, 5.74) is 3.73. The molecule has 1 aromatic heterocycles. The highest BCUT2D eigenvalue weighted by atomic mass is 35.5. The minimum absolute atomic E-state index is 0. The van der Waals surface area contributed by atoms with E-state index in [0.29, 0.717) is 11.3 Å². The van der Waals surface area contributed by atoms with E-state index >= 15 is 0 Å². The largest absolute Gasteiger partial charge is 0.384 e. The van der Waals surface area contributed by atoms with Crippen LogP contribution >= 0.6 is 24.8 Å². The molecule has 2 heterocycles. The molecule has 1 aliphatic rings. The van der Waals surface area contributed by atoms with E-state index in [2.05, 4.69) is 34.4 Å². The van der Waals surface area contributed by atoms with Gasteiger partial charge in [-0.1, -0.05) is 0 Å². The molecule has 0 saturated heterocycles. The summed E-state index contributed by atoms with van der Waals surface area (Å²) in [5.74, 6) is 0.827. The van der Waals surface area contributed by atoms with E-state index in [4.69, 9.17) is 0 Å². The van der Waals surface area contributed by atoms with E-state index < -0.39 is 0 Å². The summed E-state index contributed by atoms with van der Waals surface area (Å²) in [6.45, 7) is 6.97. The minimum atomic E-state index is -0.0999. The van der Waals surface area contributed by atoms with Crippen LogP contribution < -0.4 is 15.5 Å². The predicted octanol–water partition coefficient (Wildman–Crippen LogP) is 3.99. The number of nitrogens with one attached hydrogen (secondary N) is 2. The fourth-order valence-electron chi connectivity index (χ4n) is 2.84. The van der Waals surface area contributed by atoms with Gasteiger partial charge in [-0.3, -0.25) is 4.79 Å². The third-order valence-corrected chi connectivity index (χ3v) is 4.17. The van der Waals surface area contributed by atoms with Crippen LogP contribution in [0.1, 0.15) is 29.8 Å². The van der Waals surface area contributed by atoms with E-state index in [9.17, 15) is 4.79 Å². The van der Waals surface area contributed by atoms with Gasteiger partial charge in [0.25, 0.3) is 5.91 Å². The number of hydrogen-bond acceptors (Lipinski definition) is 4. The first-order valence-electron chi connectivity index (χ1n) is 8.10. The maximum absolute atomic E-state index is 12.4. The molecule has 0 spiro atoms. The summed E-state index contributed by atoms with van der Waals surface area (Å²) < 4.78 is 0. The molecule has 5 nitrogen and oxygen atoms in total. The molecule has 7 heteroatoms. The lowest BCUT2D eigenvalue weighted by atomic mass is 10.1. The smallest absolute Gasteiger partial charge is 0.255 e. The van der Waals surface area contributed by atoms with Crippen molar-refractivity contribution in [3.8, 4) is 0 Å². The second-order valence-electron chi connectivity index (χ2n) is 5.58. The van der Waals surface area contributed by atoms with Crippen molar-refractivity contribution in [3.63, 3.8) is 0 Å². The Morgan fingerprint density at radius 1 is 1.20 bits per heavy atom. The Hall–Kier alpha value is -1.98. The van der Waals surface area contributed by atoms with Crippen LogP contribution in [0.15, 0.2) is 36.5 Å². The third-order valence-electron chi connectivity index (χ3n) is 4.17. The number of carbonyl (C=O) groups is 1. The number of nitrogens with zero attached hydrogens (tertiary/aromatic N) is 2. The maximum Gasteiger partial charge on any atom is 0.255 e. The second kappa shape index (κ2) is 9.49. The Bertz CT molecular complexity index is 703. The molecule has 0 radical (unpaired) electrons. The molecular weight excluding hydrogens is 359 g/mol. The van der Waals surface area contributed by atoms with Crippen LogP contribution in [0.2, 0.25) is 0 Å². The lowest BCUT2D eigenvalue weighted by molar-refractivity contribution is 0.102. The second-order valence-corrected chi connectivity index (χ2v) is 5.58. The van der Waals surface area contributed by atoms with E-state index in [-0.39, 0.29) is 30.7 Å². The van der Waals surface area contributed by atoms with Crippen molar-refractivity contribution in [1.82, 2.24) is 4.98 Å². The van der Waals surface area contributed by atoms with E-state index in [1.165, 1.54) is 5.56 Å². The zero-order chi connectivity index (χ0) is 16.2. The summed E-state index contributed by atoms with van der Waals surface area (Å²) in [5, 5.41) is 6.21. The van der Waals surface area contributed by atoms with Gasteiger partial charge in [-0.2, -0.15) is 0 Å². The topological polar surface area (TPSA) is 57.3 Å². The molecule has 3 rings (SSSR count). The zero-order valence-corrected chi connectivity index (χ0v) is 16.0. The van der Waals surface area contributed by atoms with Crippen molar-refractivity contribution in [2.75, 3.05) is 35.2 Å². The van der Waals surface area contributed by atoms with Crippen molar-refractivity contribution in [2.24, 2.45) is 0 Å². The maximum atomic E-state index is 12.4. The monoisotopic (exact) mass is 382 g/mol. The van der Waals surface area contributed by atoms with Crippen LogP contribution in [0, 0.1) is 0 Å². The van der Waals surface area contributed by atoms with Crippen molar-refractivity contribution >= 4 is 47.9 Å². The third kappa shape index (κ3) is 4.77. The molecule has 0 aliphatic carbocycles. The highest BCUT2D eigenvalue weighted by Gasteiger charge is 2.14. The number of rotatable bonds is 5. The highest BCUT2D eigenvalue weighted by Crippen LogP contribution is 2.23. The molecular formula is C18H24Cl2N4O. The van der Waals surface area contributed by atoms with Crippen molar-refractivity contribution in [3.05, 3.63) is 47.7 Å². The van der Waals surface area contributed by atoms with Crippen LogP contribution in [0.25, 0.3) is 0 Å². The molecule has 1 aromatic carbocycles. The molecule has 136 valence electrons.